The van der Waals surface area contributed by atoms with Gasteiger partial charge in [-0.2, -0.15) is 0 Å². The molecule has 0 atom stereocenters. The Hall–Kier alpha value is -1.03. The van der Waals surface area contributed by atoms with E-state index in [9.17, 15) is 4.79 Å². The summed E-state index contributed by atoms with van der Waals surface area (Å²) >= 11 is 14.9. The maximum atomic E-state index is 12.1. The van der Waals surface area contributed by atoms with Crippen LogP contribution in [0.1, 0.15) is 15.9 Å². The smallest absolute Gasteiger partial charge is 0.255 e. The minimum absolute atomic E-state index is 0.177. The number of anilines is 1. The summed E-state index contributed by atoms with van der Waals surface area (Å²) in [5, 5.41) is 3.42. The first-order valence-electron chi connectivity index (χ1n) is 5.51. The van der Waals surface area contributed by atoms with E-state index in [-0.39, 0.29) is 5.91 Å². The SMILES string of the molecule is O=C(Nc1ccc(Cl)cc1Br)c1ccc(CCl)cc1. The molecule has 2 aromatic carbocycles. The van der Waals surface area contributed by atoms with Crippen LogP contribution in [0.2, 0.25) is 5.02 Å². The Kier molecular flexibility index (Phi) is 4.86. The lowest BCUT2D eigenvalue weighted by atomic mass is 10.1. The second-order valence-electron chi connectivity index (χ2n) is 3.91. The quantitative estimate of drug-likeness (QED) is 0.760. The van der Waals surface area contributed by atoms with Crippen molar-refractivity contribution in [3.63, 3.8) is 0 Å². The van der Waals surface area contributed by atoms with Crippen LogP contribution in [-0.4, -0.2) is 5.91 Å². The predicted octanol–water partition coefficient (Wildman–Crippen LogP) is 5.09. The van der Waals surface area contributed by atoms with Gasteiger partial charge >= 0.3 is 0 Å². The van der Waals surface area contributed by atoms with Gasteiger partial charge in [0.25, 0.3) is 5.91 Å². The molecule has 19 heavy (non-hydrogen) atoms. The summed E-state index contributed by atoms with van der Waals surface area (Å²) in [5.41, 5.74) is 2.23. The number of halogens is 3. The Balaban J connectivity index is 2.15. The van der Waals surface area contributed by atoms with E-state index in [2.05, 4.69) is 21.2 Å². The lowest BCUT2D eigenvalue weighted by Gasteiger charge is -2.08. The Morgan fingerprint density at radius 2 is 1.84 bits per heavy atom. The van der Waals surface area contributed by atoms with E-state index in [0.29, 0.717) is 22.2 Å². The number of rotatable bonds is 3. The van der Waals surface area contributed by atoms with Gasteiger partial charge in [-0.1, -0.05) is 23.7 Å². The molecule has 0 spiro atoms. The molecule has 0 aliphatic rings. The van der Waals surface area contributed by atoms with Crippen molar-refractivity contribution < 1.29 is 4.79 Å². The van der Waals surface area contributed by atoms with Crippen LogP contribution in [-0.2, 0) is 5.88 Å². The van der Waals surface area contributed by atoms with E-state index in [1.54, 1.807) is 30.3 Å². The van der Waals surface area contributed by atoms with Crippen molar-refractivity contribution in [2.45, 2.75) is 5.88 Å². The summed E-state index contributed by atoms with van der Waals surface area (Å²) < 4.78 is 0.741. The standard InChI is InChI=1S/C14H10BrCl2NO/c15-12-7-11(17)5-6-13(12)18-14(19)10-3-1-9(8-16)2-4-10/h1-7H,8H2,(H,18,19). The molecule has 2 aromatic rings. The lowest BCUT2D eigenvalue weighted by molar-refractivity contribution is 0.102. The molecule has 0 radical (unpaired) electrons. The van der Waals surface area contributed by atoms with Crippen LogP contribution in [0.25, 0.3) is 0 Å². The first kappa shape index (κ1) is 14.4. The second kappa shape index (κ2) is 6.42. The summed E-state index contributed by atoms with van der Waals surface area (Å²) in [6, 6.07) is 12.4. The normalized spacial score (nSPS) is 10.3. The Morgan fingerprint density at radius 3 is 2.42 bits per heavy atom. The van der Waals surface area contributed by atoms with E-state index >= 15 is 0 Å². The van der Waals surface area contributed by atoms with Gasteiger partial charge in [0.15, 0.2) is 0 Å². The van der Waals surface area contributed by atoms with Crippen molar-refractivity contribution in [1.29, 1.82) is 0 Å². The van der Waals surface area contributed by atoms with Crippen molar-refractivity contribution in [3.05, 3.63) is 63.1 Å². The zero-order valence-electron chi connectivity index (χ0n) is 9.79. The van der Waals surface area contributed by atoms with E-state index in [0.717, 1.165) is 10.0 Å². The van der Waals surface area contributed by atoms with Crippen LogP contribution in [0.3, 0.4) is 0 Å². The third kappa shape index (κ3) is 3.72. The van der Waals surface area contributed by atoms with Crippen LogP contribution < -0.4 is 5.32 Å². The number of hydrogen-bond donors (Lipinski definition) is 1. The Labute approximate surface area is 129 Å². The van der Waals surface area contributed by atoms with E-state index in [1.165, 1.54) is 0 Å². The van der Waals surface area contributed by atoms with Crippen molar-refractivity contribution >= 4 is 50.7 Å². The van der Waals surface area contributed by atoms with Gasteiger partial charge in [-0.15, -0.1) is 11.6 Å². The Morgan fingerprint density at radius 1 is 1.16 bits per heavy atom. The fraction of sp³-hybridized carbons (Fsp3) is 0.0714. The van der Waals surface area contributed by atoms with Gasteiger partial charge in [-0.25, -0.2) is 0 Å². The number of nitrogens with one attached hydrogen (secondary N) is 1. The number of carbonyl (C=O) groups excluding carboxylic acids is 1. The molecule has 1 N–H and O–H groups in total. The van der Waals surface area contributed by atoms with E-state index in [4.69, 9.17) is 23.2 Å². The molecule has 0 aromatic heterocycles. The molecular weight excluding hydrogens is 349 g/mol. The summed E-state index contributed by atoms with van der Waals surface area (Å²) in [6.45, 7) is 0. The van der Waals surface area contributed by atoms with Crippen molar-refractivity contribution in [2.75, 3.05) is 5.32 Å². The van der Waals surface area contributed by atoms with Crippen molar-refractivity contribution in [1.82, 2.24) is 0 Å². The number of amides is 1. The minimum atomic E-state index is -0.177. The van der Waals surface area contributed by atoms with Gasteiger partial charge in [-0.05, 0) is 51.8 Å². The highest BCUT2D eigenvalue weighted by Crippen LogP contribution is 2.26. The van der Waals surface area contributed by atoms with Gasteiger partial charge in [-0.3, -0.25) is 4.79 Å². The molecule has 5 heteroatoms. The molecule has 0 saturated heterocycles. The van der Waals surface area contributed by atoms with E-state index in [1.807, 2.05) is 12.1 Å². The van der Waals surface area contributed by atoms with Crippen LogP contribution >= 0.6 is 39.1 Å². The van der Waals surface area contributed by atoms with Crippen LogP contribution in [0.5, 0.6) is 0 Å². The van der Waals surface area contributed by atoms with Gasteiger partial charge < -0.3 is 5.32 Å². The second-order valence-corrected chi connectivity index (χ2v) is 5.47. The highest BCUT2D eigenvalue weighted by Gasteiger charge is 2.08. The Bertz CT molecular complexity index is 599. The number of benzene rings is 2. The first-order chi connectivity index (χ1) is 9.10. The monoisotopic (exact) mass is 357 g/mol. The summed E-state index contributed by atoms with van der Waals surface area (Å²) in [6.07, 6.45) is 0. The van der Waals surface area contributed by atoms with Crippen molar-refractivity contribution in [2.24, 2.45) is 0 Å². The summed E-state index contributed by atoms with van der Waals surface area (Å²) in [5.74, 6) is 0.258. The largest absolute Gasteiger partial charge is 0.321 e. The highest BCUT2D eigenvalue weighted by molar-refractivity contribution is 9.10. The van der Waals surface area contributed by atoms with Gasteiger partial charge in [0, 0.05) is 20.9 Å². The molecule has 0 heterocycles. The van der Waals surface area contributed by atoms with E-state index < -0.39 is 0 Å². The third-order valence-corrected chi connectivity index (χ3v) is 3.75. The zero-order valence-corrected chi connectivity index (χ0v) is 12.9. The predicted molar refractivity (Wildman–Crippen MR) is 83.1 cm³/mol. The van der Waals surface area contributed by atoms with Crippen LogP contribution in [0, 0.1) is 0 Å². The molecule has 2 rings (SSSR count). The molecular formula is C14H10BrCl2NO. The van der Waals surface area contributed by atoms with Gasteiger partial charge in [0.1, 0.15) is 0 Å². The molecule has 98 valence electrons. The molecule has 0 aliphatic carbocycles. The molecule has 1 amide bonds. The van der Waals surface area contributed by atoms with Gasteiger partial charge in [0.05, 0.1) is 5.69 Å². The zero-order chi connectivity index (χ0) is 13.8. The molecule has 0 bridgehead atoms. The molecule has 0 unspecified atom stereocenters. The average Bonchev–Trinajstić information content (AvgIpc) is 2.42. The summed E-state index contributed by atoms with van der Waals surface area (Å²) in [4.78, 5) is 12.1. The van der Waals surface area contributed by atoms with Crippen LogP contribution in [0.15, 0.2) is 46.9 Å². The fourth-order valence-corrected chi connectivity index (χ4v) is 2.49. The molecule has 2 nitrogen and oxygen atoms in total. The molecule has 0 fully saturated rings. The number of alkyl halides is 1. The first-order valence-corrected chi connectivity index (χ1v) is 7.22. The fourth-order valence-electron chi connectivity index (χ4n) is 1.53. The summed E-state index contributed by atoms with van der Waals surface area (Å²) in [7, 11) is 0. The maximum Gasteiger partial charge on any atom is 0.255 e. The van der Waals surface area contributed by atoms with Crippen molar-refractivity contribution in [3.8, 4) is 0 Å². The topological polar surface area (TPSA) is 29.1 Å². The average molecular weight is 359 g/mol. The van der Waals surface area contributed by atoms with Gasteiger partial charge in [0.2, 0.25) is 0 Å². The number of carbonyl (C=O) groups is 1. The van der Waals surface area contributed by atoms with Crippen LogP contribution in [0.4, 0.5) is 5.69 Å². The molecule has 0 aliphatic heterocycles. The lowest BCUT2D eigenvalue weighted by Crippen LogP contribution is -2.12. The number of hydrogen-bond acceptors (Lipinski definition) is 1. The molecule has 0 saturated carbocycles. The minimum Gasteiger partial charge on any atom is -0.321 e. The maximum absolute atomic E-state index is 12.1. The third-order valence-electron chi connectivity index (χ3n) is 2.55. The highest BCUT2D eigenvalue weighted by atomic mass is 79.9.